The second-order valence-corrected chi connectivity index (χ2v) is 7.41. The molecule has 1 aromatic carbocycles. The average molecular weight is 362 g/mol. The van der Waals surface area contributed by atoms with E-state index in [4.69, 9.17) is 4.74 Å². The van der Waals surface area contributed by atoms with Crippen molar-refractivity contribution in [1.29, 1.82) is 0 Å². The summed E-state index contributed by atoms with van der Waals surface area (Å²) in [6, 6.07) is 7.78. The van der Waals surface area contributed by atoms with Gasteiger partial charge in [-0.05, 0) is 43.2 Å². The Kier molecular flexibility index (Phi) is 8.52. The van der Waals surface area contributed by atoms with Crippen LogP contribution in [0.4, 0.5) is 0 Å². The number of carbonyl (C=O) groups excluding carboxylic acids is 1. The van der Waals surface area contributed by atoms with Crippen LogP contribution in [0.25, 0.3) is 0 Å². The highest BCUT2D eigenvalue weighted by molar-refractivity contribution is 8.15. The molecule has 1 amide bonds. The zero-order valence-electron chi connectivity index (χ0n) is 15.0. The van der Waals surface area contributed by atoms with Gasteiger partial charge in [0.05, 0.1) is 18.1 Å². The number of hydrogen-bond acceptors (Lipinski definition) is 5. The van der Waals surface area contributed by atoms with Crippen LogP contribution in [0.5, 0.6) is 5.75 Å². The molecule has 1 fully saturated rings. The van der Waals surface area contributed by atoms with Crippen LogP contribution in [-0.2, 0) is 4.79 Å². The monoisotopic (exact) mass is 361 g/mol. The maximum Gasteiger partial charge on any atom is 0.239 e. The van der Waals surface area contributed by atoms with E-state index in [0.717, 1.165) is 24.3 Å². The van der Waals surface area contributed by atoms with Crippen LogP contribution in [-0.4, -0.2) is 29.1 Å². The zero-order valence-corrected chi connectivity index (χ0v) is 15.8. The van der Waals surface area contributed by atoms with E-state index < -0.39 is 0 Å². The lowest BCUT2D eigenvalue weighted by Crippen LogP contribution is -2.23. The summed E-state index contributed by atoms with van der Waals surface area (Å²) in [7, 11) is 0. The third-order valence-electron chi connectivity index (χ3n) is 3.89. The summed E-state index contributed by atoms with van der Waals surface area (Å²) < 4.78 is 5.75. The van der Waals surface area contributed by atoms with Crippen LogP contribution in [0.1, 0.15) is 57.9 Å². The molecule has 1 aliphatic rings. The molecule has 1 unspecified atom stereocenters. The molecular weight excluding hydrogens is 334 g/mol. The van der Waals surface area contributed by atoms with Gasteiger partial charge in [-0.15, -0.1) is 5.10 Å². The molecule has 136 valence electrons. The molecule has 0 spiro atoms. The number of rotatable bonds is 10. The topological polar surface area (TPSA) is 63.1 Å². The molecule has 2 rings (SSSR count). The summed E-state index contributed by atoms with van der Waals surface area (Å²) in [5.74, 6) is 0.857. The van der Waals surface area contributed by atoms with Crippen LogP contribution in [0, 0.1) is 0 Å². The minimum Gasteiger partial charge on any atom is -0.494 e. The Bertz CT molecular complexity index is 599. The van der Waals surface area contributed by atoms with Gasteiger partial charge in [0.15, 0.2) is 5.17 Å². The first-order valence-electron chi connectivity index (χ1n) is 9.00. The van der Waals surface area contributed by atoms with Gasteiger partial charge in [-0.2, -0.15) is 5.10 Å². The van der Waals surface area contributed by atoms with E-state index in [0.29, 0.717) is 5.17 Å². The van der Waals surface area contributed by atoms with Gasteiger partial charge in [-0.25, -0.2) is 0 Å². The van der Waals surface area contributed by atoms with Crippen molar-refractivity contribution in [1.82, 2.24) is 5.32 Å². The predicted octanol–water partition coefficient (Wildman–Crippen LogP) is 4.37. The van der Waals surface area contributed by atoms with Crippen LogP contribution in [0.15, 0.2) is 34.5 Å². The minimum atomic E-state index is -0.1000. The van der Waals surface area contributed by atoms with Crippen molar-refractivity contribution in [3.05, 3.63) is 29.8 Å². The quantitative estimate of drug-likeness (QED) is 0.382. The highest BCUT2D eigenvalue weighted by Crippen LogP contribution is 2.18. The molecule has 1 aliphatic heterocycles. The normalized spacial score (nSPS) is 18.9. The number of carbonyl (C=O) groups is 1. The zero-order chi connectivity index (χ0) is 17.9. The second-order valence-electron chi connectivity index (χ2n) is 6.08. The standard InChI is InChI=1S/C19H27N3O2S/c1-3-4-5-6-7-8-13-24-17-11-9-16(10-12-17)14-20-22-19-21-18(23)15(2)25-19/h9-12,14-15H,3-8,13H2,1-2H3,(H,21,22,23)/b20-14+. The van der Waals surface area contributed by atoms with Crippen molar-refractivity contribution < 1.29 is 9.53 Å². The minimum absolute atomic E-state index is 0.0224. The Hall–Kier alpha value is -1.82. The summed E-state index contributed by atoms with van der Waals surface area (Å²) in [5.41, 5.74) is 0.943. The van der Waals surface area contributed by atoms with E-state index in [9.17, 15) is 4.79 Å². The molecule has 1 N–H and O–H groups in total. The van der Waals surface area contributed by atoms with E-state index in [1.54, 1.807) is 6.21 Å². The third kappa shape index (κ3) is 7.30. The molecule has 0 aromatic heterocycles. The Balaban J connectivity index is 1.68. The van der Waals surface area contributed by atoms with E-state index >= 15 is 0 Å². The third-order valence-corrected chi connectivity index (χ3v) is 4.86. The molecule has 0 aliphatic carbocycles. The van der Waals surface area contributed by atoms with Crippen molar-refractivity contribution in [2.24, 2.45) is 10.2 Å². The lowest BCUT2D eigenvalue weighted by molar-refractivity contribution is -0.118. The average Bonchev–Trinajstić information content (AvgIpc) is 2.93. The van der Waals surface area contributed by atoms with Crippen LogP contribution in [0.3, 0.4) is 0 Å². The number of thioether (sulfide) groups is 1. The fourth-order valence-electron chi connectivity index (χ4n) is 2.38. The molecule has 1 heterocycles. The fourth-order valence-corrected chi connectivity index (χ4v) is 3.13. The first kappa shape index (κ1) is 19.5. The molecule has 1 aromatic rings. The van der Waals surface area contributed by atoms with Crippen molar-refractivity contribution in [2.45, 2.75) is 57.6 Å². The smallest absolute Gasteiger partial charge is 0.239 e. The first-order valence-corrected chi connectivity index (χ1v) is 9.88. The van der Waals surface area contributed by atoms with Gasteiger partial charge in [0.1, 0.15) is 5.75 Å². The van der Waals surface area contributed by atoms with Gasteiger partial charge in [-0.3, -0.25) is 4.79 Å². The van der Waals surface area contributed by atoms with Crippen molar-refractivity contribution in [3.63, 3.8) is 0 Å². The molecule has 0 bridgehead atoms. The maximum atomic E-state index is 11.4. The predicted molar refractivity (Wildman–Crippen MR) is 106 cm³/mol. The lowest BCUT2D eigenvalue weighted by Gasteiger charge is -2.06. The summed E-state index contributed by atoms with van der Waals surface area (Å²) in [4.78, 5) is 11.4. The van der Waals surface area contributed by atoms with Gasteiger partial charge in [0.25, 0.3) is 0 Å². The molecule has 5 nitrogen and oxygen atoms in total. The summed E-state index contributed by atoms with van der Waals surface area (Å²) >= 11 is 1.38. The molecule has 25 heavy (non-hydrogen) atoms. The molecule has 1 saturated heterocycles. The van der Waals surface area contributed by atoms with Crippen LogP contribution >= 0.6 is 11.8 Å². The van der Waals surface area contributed by atoms with E-state index in [1.165, 1.54) is 43.9 Å². The Morgan fingerprint density at radius 2 is 1.88 bits per heavy atom. The molecule has 6 heteroatoms. The van der Waals surface area contributed by atoms with E-state index in [1.807, 2.05) is 31.2 Å². The SMILES string of the molecule is CCCCCCCCOc1ccc(/C=N/N=C2\NC(=O)C(C)S2)cc1. The van der Waals surface area contributed by atoms with Crippen molar-refractivity contribution in [3.8, 4) is 5.75 Å². The largest absolute Gasteiger partial charge is 0.494 e. The van der Waals surface area contributed by atoms with Crippen LogP contribution < -0.4 is 10.1 Å². The summed E-state index contributed by atoms with van der Waals surface area (Å²) in [6.07, 6.45) is 9.25. The second kappa shape index (κ2) is 10.9. The maximum absolute atomic E-state index is 11.4. The number of nitrogens with zero attached hydrogens (tertiary/aromatic N) is 2. The molecule has 1 atom stereocenters. The Morgan fingerprint density at radius 1 is 1.16 bits per heavy atom. The van der Waals surface area contributed by atoms with Crippen molar-refractivity contribution >= 4 is 29.1 Å². The van der Waals surface area contributed by atoms with E-state index in [2.05, 4.69) is 22.4 Å². The van der Waals surface area contributed by atoms with Gasteiger partial charge in [0.2, 0.25) is 5.91 Å². The molecule has 0 saturated carbocycles. The lowest BCUT2D eigenvalue weighted by atomic mass is 10.1. The number of unbranched alkanes of at least 4 members (excludes halogenated alkanes) is 5. The number of amides is 1. The van der Waals surface area contributed by atoms with Gasteiger partial charge in [0, 0.05) is 0 Å². The Morgan fingerprint density at radius 3 is 2.56 bits per heavy atom. The number of amidine groups is 1. The first-order chi connectivity index (χ1) is 12.2. The summed E-state index contributed by atoms with van der Waals surface area (Å²) in [5, 5.41) is 11.2. The fraction of sp³-hybridized carbons (Fsp3) is 0.526. The molecular formula is C19H27N3O2S. The molecule has 0 radical (unpaired) electrons. The van der Waals surface area contributed by atoms with Crippen LogP contribution in [0.2, 0.25) is 0 Å². The van der Waals surface area contributed by atoms with Gasteiger partial charge < -0.3 is 10.1 Å². The number of hydrogen-bond donors (Lipinski definition) is 1. The van der Waals surface area contributed by atoms with E-state index in [-0.39, 0.29) is 11.2 Å². The highest BCUT2D eigenvalue weighted by atomic mass is 32.2. The summed E-state index contributed by atoms with van der Waals surface area (Å²) in [6.45, 7) is 4.84. The van der Waals surface area contributed by atoms with Gasteiger partial charge >= 0.3 is 0 Å². The Labute approximate surface area is 154 Å². The number of nitrogens with one attached hydrogen (secondary N) is 1. The van der Waals surface area contributed by atoms with Gasteiger partial charge in [-0.1, -0.05) is 50.8 Å². The number of benzene rings is 1. The van der Waals surface area contributed by atoms with Crippen molar-refractivity contribution in [2.75, 3.05) is 6.61 Å². The number of ether oxygens (including phenoxy) is 1. The highest BCUT2D eigenvalue weighted by Gasteiger charge is 2.25.